The average Bonchev–Trinajstić information content (AvgIpc) is 3.31. The Morgan fingerprint density at radius 3 is 2.92 bits per heavy atom. The molecular weight excluding hydrogens is 343 g/mol. The topological polar surface area (TPSA) is 50.7 Å². The van der Waals surface area contributed by atoms with Crippen molar-refractivity contribution in [2.24, 2.45) is 22.9 Å². The number of hydrogen-bond acceptors (Lipinski definition) is 3. The van der Waals surface area contributed by atoms with Crippen LogP contribution in [0.25, 0.3) is 0 Å². The van der Waals surface area contributed by atoms with Gasteiger partial charge in [-0.05, 0) is 56.1 Å². The lowest BCUT2D eigenvalue weighted by atomic mass is 9.84. The van der Waals surface area contributed by atoms with Gasteiger partial charge in [-0.3, -0.25) is 4.79 Å². The van der Waals surface area contributed by atoms with Crippen LogP contribution in [0.15, 0.2) is 23.4 Å². The highest BCUT2D eigenvalue weighted by Gasteiger charge is 2.43. The minimum Gasteiger partial charge on any atom is -0.382 e. The van der Waals surface area contributed by atoms with Crippen LogP contribution in [0.5, 0.6) is 0 Å². The number of nitrogens with zero attached hydrogens (tertiary/aromatic N) is 1. The second kappa shape index (κ2) is 6.60. The monoisotopic (exact) mass is 364 g/mol. The second-order valence-corrected chi connectivity index (χ2v) is 7.98. The number of amides is 1. The van der Waals surface area contributed by atoms with E-state index in [1.54, 1.807) is 12.1 Å². The number of rotatable bonds is 4. The number of fused-ring (bicyclic) bond motifs is 2. The molecular formula is C19H22ClFN2O2. The van der Waals surface area contributed by atoms with Gasteiger partial charge in [0.05, 0.1) is 16.3 Å². The van der Waals surface area contributed by atoms with E-state index in [4.69, 9.17) is 16.4 Å². The number of oxime groups is 1. The van der Waals surface area contributed by atoms with E-state index in [-0.39, 0.29) is 29.0 Å². The molecule has 0 aromatic heterocycles. The molecule has 1 aliphatic heterocycles. The predicted octanol–water partition coefficient (Wildman–Crippen LogP) is 3.91. The van der Waals surface area contributed by atoms with Crippen LogP contribution in [0.4, 0.5) is 4.39 Å². The number of halogens is 2. The molecule has 5 atom stereocenters. The molecule has 2 saturated carbocycles. The molecule has 2 fully saturated rings. The number of benzene rings is 1. The van der Waals surface area contributed by atoms with Crippen molar-refractivity contribution in [2.45, 2.75) is 51.2 Å². The van der Waals surface area contributed by atoms with Gasteiger partial charge in [0.15, 0.2) is 0 Å². The maximum atomic E-state index is 14.0. The Bertz CT molecular complexity index is 703. The Hall–Kier alpha value is -1.62. The first-order valence-electron chi connectivity index (χ1n) is 9.00. The third kappa shape index (κ3) is 3.14. The first-order chi connectivity index (χ1) is 12.0. The van der Waals surface area contributed by atoms with Crippen molar-refractivity contribution in [3.05, 3.63) is 34.6 Å². The molecule has 1 amide bonds. The van der Waals surface area contributed by atoms with Crippen LogP contribution in [0.1, 0.15) is 44.6 Å². The predicted molar refractivity (Wildman–Crippen MR) is 94.0 cm³/mol. The van der Waals surface area contributed by atoms with Gasteiger partial charge in [-0.2, -0.15) is 0 Å². The van der Waals surface area contributed by atoms with Crippen LogP contribution in [-0.4, -0.2) is 23.8 Å². The van der Waals surface area contributed by atoms with Crippen molar-refractivity contribution in [2.75, 3.05) is 0 Å². The van der Waals surface area contributed by atoms with E-state index in [0.717, 1.165) is 11.8 Å². The largest absolute Gasteiger partial charge is 0.382 e. The van der Waals surface area contributed by atoms with Crippen molar-refractivity contribution < 1.29 is 14.0 Å². The fourth-order valence-corrected chi connectivity index (χ4v) is 5.04. The molecule has 0 radical (unpaired) electrons. The zero-order valence-corrected chi connectivity index (χ0v) is 14.9. The van der Waals surface area contributed by atoms with Crippen molar-refractivity contribution >= 4 is 23.2 Å². The Balaban J connectivity index is 1.37. The van der Waals surface area contributed by atoms with E-state index in [1.165, 1.54) is 31.7 Å². The number of hydrogen-bond donors (Lipinski definition) is 1. The van der Waals surface area contributed by atoms with E-state index >= 15 is 0 Å². The number of carbonyl (C=O) groups is 1. The molecule has 1 aromatic rings. The summed E-state index contributed by atoms with van der Waals surface area (Å²) in [6.07, 6.45) is 4.67. The molecule has 0 spiro atoms. The Morgan fingerprint density at radius 1 is 1.40 bits per heavy atom. The Labute approximate surface area is 151 Å². The van der Waals surface area contributed by atoms with Gasteiger partial charge in [-0.1, -0.05) is 29.2 Å². The highest BCUT2D eigenvalue weighted by molar-refractivity contribution is 6.34. The molecule has 0 saturated heterocycles. The molecule has 134 valence electrons. The maximum absolute atomic E-state index is 14.0. The highest BCUT2D eigenvalue weighted by Crippen LogP contribution is 2.49. The third-order valence-electron chi connectivity index (χ3n) is 6.02. The molecule has 1 heterocycles. The van der Waals surface area contributed by atoms with Crippen molar-refractivity contribution in [1.29, 1.82) is 0 Å². The van der Waals surface area contributed by atoms with Crippen LogP contribution in [0.2, 0.25) is 5.02 Å². The van der Waals surface area contributed by atoms with Crippen molar-refractivity contribution in [3.63, 3.8) is 0 Å². The zero-order chi connectivity index (χ0) is 17.6. The Morgan fingerprint density at radius 2 is 2.24 bits per heavy atom. The van der Waals surface area contributed by atoms with Gasteiger partial charge < -0.3 is 10.2 Å². The summed E-state index contributed by atoms with van der Waals surface area (Å²) in [5, 5.41) is 7.27. The van der Waals surface area contributed by atoms with Crippen LogP contribution < -0.4 is 5.32 Å². The summed E-state index contributed by atoms with van der Waals surface area (Å²) in [5.74, 6) is 1.52. The van der Waals surface area contributed by atoms with Gasteiger partial charge in [-0.15, -0.1) is 0 Å². The van der Waals surface area contributed by atoms with Gasteiger partial charge in [0.1, 0.15) is 5.82 Å². The first-order valence-corrected chi connectivity index (χ1v) is 9.38. The minimum absolute atomic E-state index is 0.132. The van der Waals surface area contributed by atoms with E-state index in [1.807, 2.05) is 0 Å². The number of nitrogens with one attached hydrogen (secondary N) is 1. The lowest BCUT2D eigenvalue weighted by Crippen LogP contribution is -2.44. The maximum Gasteiger partial charge on any atom is 0.264 e. The van der Waals surface area contributed by atoms with E-state index in [2.05, 4.69) is 17.4 Å². The van der Waals surface area contributed by atoms with Crippen molar-refractivity contribution in [1.82, 2.24) is 5.32 Å². The quantitative estimate of drug-likeness (QED) is 0.880. The van der Waals surface area contributed by atoms with Crippen LogP contribution in [0, 0.1) is 23.6 Å². The summed E-state index contributed by atoms with van der Waals surface area (Å²) in [6, 6.07) is 4.60. The van der Waals surface area contributed by atoms with Gasteiger partial charge >= 0.3 is 0 Å². The highest BCUT2D eigenvalue weighted by atomic mass is 35.5. The summed E-state index contributed by atoms with van der Waals surface area (Å²) in [5.41, 5.74) is 0.608. The van der Waals surface area contributed by atoms with Gasteiger partial charge in [-0.25, -0.2) is 4.39 Å². The number of carbonyl (C=O) groups excluding carboxylic acids is 1. The Kier molecular flexibility index (Phi) is 4.44. The molecule has 2 aliphatic carbocycles. The molecule has 25 heavy (non-hydrogen) atoms. The zero-order valence-electron chi connectivity index (χ0n) is 14.2. The summed E-state index contributed by atoms with van der Waals surface area (Å²) in [4.78, 5) is 17.8. The summed E-state index contributed by atoms with van der Waals surface area (Å²) >= 11 is 6.07. The molecule has 6 heteroatoms. The van der Waals surface area contributed by atoms with Crippen molar-refractivity contribution in [3.8, 4) is 0 Å². The minimum atomic E-state index is -0.716. The molecule has 4 rings (SSSR count). The smallest absolute Gasteiger partial charge is 0.264 e. The summed E-state index contributed by atoms with van der Waals surface area (Å²) < 4.78 is 14.0. The normalized spacial score (nSPS) is 31.6. The molecule has 2 bridgehead atoms. The third-order valence-corrected chi connectivity index (χ3v) is 6.33. The fourth-order valence-electron chi connectivity index (χ4n) is 4.77. The summed E-state index contributed by atoms with van der Waals surface area (Å²) in [6.45, 7) is 2.08. The van der Waals surface area contributed by atoms with Gasteiger partial charge in [0.2, 0.25) is 6.10 Å². The molecule has 3 aliphatic rings. The van der Waals surface area contributed by atoms with Crippen LogP contribution in [0.3, 0.4) is 0 Å². The standard InChI is InChI=1S/C19H22ClFN2O2/c1-10(13-8-11-5-6-12(13)7-11)22-19(24)17-9-16(23-25-17)18-14(20)3-2-4-15(18)21/h2-4,10-13,17H,5-9H2,1H3,(H,22,24). The molecule has 1 N–H and O–H groups in total. The fraction of sp³-hybridized carbons (Fsp3) is 0.579. The molecule has 4 nitrogen and oxygen atoms in total. The summed E-state index contributed by atoms with van der Waals surface area (Å²) in [7, 11) is 0. The molecule has 1 aromatic carbocycles. The lowest BCUT2D eigenvalue weighted by molar-refractivity contribution is -0.132. The van der Waals surface area contributed by atoms with Gasteiger partial charge in [0, 0.05) is 12.5 Å². The van der Waals surface area contributed by atoms with E-state index in [9.17, 15) is 9.18 Å². The van der Waals surface area contributed by atoms with Crippen LogP contribution in [-0.2, 0) is 9.63 Å². The first kappa shape index (κ1) is 16.8. The van der Waals surface area contributed by atoms with E-state index < -0.39 is 11.9 Å². The lowest BCUT2D eigenvalue weighted by Gasteiger charge is -2.29. The second-order valence-electron chi connectivity index (χ2n) is 7.57. The van der Waals surface area contributed by atoms with Crippen LogP contribution >= 0.6 is 11.6 Å². The molecule has 5 unspecified atom stereocenters. The van der Waals surface area contributed by atoms with Gasteiger partial charge in [0.25, 0.3) is 5.91 Å². The average molecular weight is 365 g/mol. The SMILES string of the molecule is CC(NC(=O)C1CC(c2c(F)cccc2Cl)=NO1)C1CC2CCC1C2. The van der Waals surface area contributed by atoms with E-state index in [0.29, 0.717) is 11.6 Å².